The molecule has 0 unspecified atom stereocenters. The third-order valence-electron chi connectivity index (χ3n) is 6.05. The zero-order valence-corrected chi connectivity index (χ0v) is 19.1. The number of anilines is 1. The Hall–Kier alpha value is -3.37. The molecule has 1 fully saturated rings. The fraction of sp³-hybridized carbons (Fsp3) is 0.304. The number of sulfonamides is 1. The number of nitrogens with zero attached hydrogens (tertiary/aromatic N) is 3. The van der Waals surface area contributed by atoms with Crippen LogP contribution in [0.15, 0.2) is 53.6 Å². The van der Waals surface area contributed by atoms with Crippen molar-refractivity contribution < 1.29 is 18.1 Å². The number of rotatable bonds is 5. The van der Waals surface area contributed by atoms with E-state index < -0.39 is 14.9 Å². The number of hydrogen-bond acceptors (Lipinski definition) is 6. The average Bonchev–Trinajstić information content (AvgIpc) is 2.81. The summed E-state index contributed by atoms with van der Waals surface area (Å²) in [5.74, 6) is -0.497. The van der Waals surface area contributed by atoms with Crippen molar-refractivity contribution in [3.63, 3.8) is 0 Å². The minimum Gasteiger partial charge on any atom is -0.325 e. The molecule has 1 aliphatic rings. The highest BCUT2D eigenvalue weighted by Gasteiger charge is 2.33. The van der Waals surface area contributed by atoms with Gasteiger partial charge in [0.05, 0.1) is 21.0 Å². The second-order valence-electron chi connectivity index (χ2n) is 8.20. The van der Waals surface area contributed by atoms with Gasteiger partial charge in [0.1, 0.15) is 0 Å². The summed E-state index contributed by atoms with van der Waals surface area (Å²) in [6.45, 7) is 3.90. The summed E-state index contributed by atoms with van der Waals surface area (Å²) in [6.07, 6.45) is 2.43. The molecule has 0 radical (unpaired) electrons. The Bertz CT molecular complexity index is 1350. The molecule has 4 rings (SSSR count). The molecule has 172 valence electrons. The van der Waals surface area contributed by atoms with E-state index in [9.17, 15) is 23.3 Å². The third kappa shape index (κ3) is 4.44. The zero-order chi connectivity index (χ0) is 23.8. The second kappa shape index (κ2) is 8.87. The molecule has 9 nitrogen and oxygen atoms in total. The minimum absolute atomic E-state index is 0.0711. The number of pyridine rings is 1. The predicted octanol–water partition coefficient (Wildman–Crippen LogP) is 3.80. The van der Waals surface area contributed by atoms with E-state index in [1.807, 2.05) is 31.2 Å². The number of nitro benzene ring substituents is 1. The van der Waals surface area contributed by atoms with Gasteiger partial charge in [0.15, 0.2) is 0 Å². The monoisotopic (exact) mass is 468 g/mol. The van der Waals surface area contributed by atoms with Gasteiger partial charge in [-0.05, 0) is 56.0 Å². The first-order chi connectivity index (χ1) is 15.7. The lowest BCUT2D eigenvalue weighted by Crippen LogP contribution is -2.41. The van der Waals surface area contributed by atoms with Gasteiger partial charge in [-0.1, -0.05) is 12.1 Å². The number of amides is 1. The Balaban J connectivity index is 1.47. The van der Waals surface area contributed by atoms with Crippen LogP contribution in [0.3, 0.4) is 0 Å². The zero-order valence-electron chi connectivity index (χ0n) is 18.3. The van der Waals surface area contributed by atoms with E-state index in [1.54, 1.807) is 13.1 Å². The summed E-state index contributed by atoms with van der Waals surface area (Å²) in [6, 6.07) is 11.3. The highest BCUT2D eigenvalue weighted by Crippen LogP contribution is 2.30. The van der Waals surface area contributed by atoms with Gasteiger partial charge in [0.2, 0.25) is 15.9 Å². The smallest absolute Gasteiger partial charge is 0.270 e. The van der Waals surface area contributed by atoms with Crippen molar-refractivity contribution in [2.24, 2.45) is 5.92 Å². The van der Waals surface area contributed by atoms with E-state index in [0.29, 0.717) is 24.1 Å². The molecule has 3 aromatic rings. The van der Waals surface area contributed by atoms with Crippen LogP contribution in [0.4, 0.5) is 11.4 Å². The molecular formula is C23H24N4O5S. The van der Waals surface area contributed by atoms with Gasteiger partial charge in [-0.2, -0.15) is 4.31 Å². The van der Waals surface area contributed by atoms with E-state index in [4.69, 9.17) is 0 Å². The van der Waals surface area contributed by atoms with Crippen LogP contribution < -0.4 is 5.32 Å². The van der Waals surface area contributed by atoms with Crippen LogP contribution in [0.5, 0.6) is 0 Å². The highest BCUT2D eigenvalue weighted by molar-refractivity contribution is 7.89. The summed E-state index contributed by atoms with van der Waals surface area (Å²) < 4.78 is 27.5. The summed E-state index contributed by atoms with van der Waals surface area (Å²) in [5.41, 5.74) is 2.69. The summed E-state index contributed by atoms with van der Waals surface area (Å²) in [5, 5.41) is 14.9. The molecule has 1 amide bonds. The van der Waals surface area contributed by atoms with Gasteiger partial charge in [-0.3, -0.25) is 19.9 Å². The molecule has 1 aliphatic heterocycles. The fourth-order valence-electron chi connectivity index (χ4n) is 4.14. The van der Waals surface area contributed by atoms with E-state index in [1.165, 1.54) is 16.4 Å². The Morgan fingerprint density at radius 2 is 1.82 bits per heavy atom. The topological polar surface area (TPSA) is 123 Å². The molecule has 0 spiro atoms. The number of fused-ring (bicyclic) bond motifs is 1. The van der Waals surface area contributed by atoms with Crippen molar-refractivity contribution >= 4 is 38.2 Å². The summed E-state index contributed by atoms with van der Waals surface area (Å²) >= 11 is 0. The van der Waals surface area contributed by atoms with Crippen molar-refractivity contribution in [1.29, 1.82) is 0 Å². The number of benzene rings is 2. The number of aryl methyl sites for hydroxylation is 2. The number of nitrogens with one attached hydrogen (secondary N) is 1. The van der Waals surface area contributed by atoms with Crippen molar-refractivity contribution in [2.75, 3.05) is 18.4 Å². The van der Waals surface area contributed by atoms with Gasteiger partial charge < -0.3 is 5.32 Å². The first kappa shape index (κ1) is 22.8. The van der Waals surface area contributed by atoms with Crippen LogP contribution in [0.2, 0.25) is 0 Å². The summed E-state index contributed by atoms with van der Waals surface area (Å²) in [7, 11) is -3.90. The molecule has 0 aliphatic carbocycles. The molecule has 2 aromatic carbocycles. The molecule has 10 heteroatoms. The first-order valence-corrected chi connectivity index (χ1v) is 12.0. The minimum atomic E-state index is -3.90. The normalized spacial score (nSPS) is 15.5. The van der Waals surface area contributed by atoms with Crippen LogP contribution in [-0.2, 0) is 14.8 Å². The molecule has 1 saturated heterocycles. The maximum atomic E-state index is 13.1. The van der Waals surface area contributed by atoms with E-state index in [0.717, 1.165) is 22.5 Å². The molecule has 0 atom stereocenters. The van der Waals surface area contributed by atoms with Crippen molar-refractivity contribution in [3.05, 3.63) is 69.9 Å². The van der Waals surface area contributed by atoms with Crippen molar-refractivity contribution in [1.82, 2.24) is 9.29 Å². The van der Waals surface area contributed by atoms with Crippen LogP contribution in [0.25, 0.3) is 10.9 Å². The number of hydrogen-bond donors (Lipinski definition) is 1. The number of nitro groups is 1. The summed E-state index contributed by atoms with van der Waals surface area (Å²) in [4.78, 5) is 27.7. The Labute approximate surface area is 191 Å². The quantitative estimate of drug-likeness (QED) is 0.449. The SMILES string of the molecule is Cc1ccc([N+](=O)[O-])cc1S(=O)(=O)N1CCC(C(=O)Nc2ccc(C)c3ncccc23)CC1. The molecule has 0 bridgehead atoms. The maximum absolute atomic E-state index is 13.1. The number of carbonyl (C=O) groups excluding carboxylic acids is 1. The van der Waals surface area contributed by atoms with Crippen LogP contribution in [-0.4, -0.2) is 41.6 Å². The highest BCUT2D eigenvalue weighted by atomic mass is 32.2. The Kier molecular flexibility index (Phi) is 6.13. The van der Waals surface area contributed by atoms with Crippen molar-refractivity contribution in [3.8, 4) is 0 Å². The van der Waals surface area contributed by atoms with E-state index in [-0.39, 0.29) is 35.5 Å². The number of aromatic nitrogens is 1. The first-order valence-electron chi connectivity index (χ1n) is 10.6. The number of carbonyl (C=O) groups is 1. The lowest BCUT2D eigenvalue weighted by atomic mass is 9.97. The van der Waals surface area contributed by atoms with E-state index >= 15 is 0 Å². The molecular weight excluding hydrogens is 444 g/mol. The molecule has 1 N–H and O–H groups in total. The maximum Gasteiger partial charge on any atom is 0.270 e. The van der Waals surface area contributed by atoms with Crippen LogP contribution >= 0.6 is 0 Å². The number of non-ortho nitro benzene ring substituents is 1. The molecule has 0 saturated carbocycles. The third-order valence-corrected chi connectivity index (χ3v) is 8.09. The second-order valence-corrected chi connectivity index (χ2v) is 10.1. The Morgan fingerprint density at radius 1 is 1.12 bits per heavy atom. The largest absolute Gasteiger partial charge is 0.325 e. The van der Waals surface area contributed by atoms with E-state index in [2.05, 4.69) is 10.3 Å². The van der Waals surface area contributed by atoms with Gasteiger partial charge in [0, 0.05) is 42.7 Å². The standard InChI is InChI=1S/C23H24N4O5S/c1-15-5-7-18(27(29)30)14-21(15)33(31,32)26-12-9-17(10-13-26)23(28)25-20-8-6-16(2)22-19(20)4-3-11-24-22/h3-8,11,14,17H,9-10,12-13H2,1-2H3,(H,25,28). The fourth-order valence-corrected chi connectivity index (χ4v) is 5.85. The van der Waals surface area contributed by atoms with Gasteiger partial charge in [-0.25, -0.2) is 8.42 Å². The lowest BCUT2D eigenvalue weighted by Gasteiger charge is -2.31. The molecule has 2 heterocycles. The van der Waals surface area contributed by atoms with Gasteiger partial charge in [-0.15, -0.1) is 0 Å². The van der Waals surface area contributed by atoms with Crippen LogP contribution in [0.1, 0.15) is 24.0 Å². The van der Waals surface area contributed by atoms with Gasteiger partial charge >= 0.3 is 0 Å². The predicted molar refractivity (Wildman–Crippen MR) is 124 cm³/mol. The molecule has 33 heavy (non-hydrogen) atoms. The van der Waals surface area contributed by atoms with Crippen molar-refractivity contribution in [2.45, 2.75) is 31.6 Å². The average molecular weight is 469 g/mol. The van der Waals surface area contributed by atoms with Gasteiger partial charge in [0.25, 0.3) is 5.69 Å². The molecule has 1 aromatic heterocycles. The Morgan fingerprint density at radius 3 is 2.52 bits per heavy atom. The lowest BCUT2D eigenvalue weighted by molar-refractivity contribution is -0.385. The number of piperidine rings is 1. The van der Waals surface area contributed by atoms with Crippen LogP contribution in [0, 0.1) is 29.9 Å².